The van der Waals surface area contributed by atoms with Gasteiger partial charge in [0.15, 0.2) is 0 Å². The molecule has 2 fully saturated rings. The lowest BCUT2D eigenvalue weighted by Crippen LogP contribution is -2.42. The molecule has 0 bridgehead atoms. The van der Waals surface area contributed by atoms with Gasteiger partial charge in [0.2, 0.25) is 5.91 Å². The van der Waals surface area contributed by atoms with Crippen LogP contribution in [0.4, 0.5) is 0 Å². The summed E-state index contributed by atoms with van der Waals surface area (Å²) >= 11 is 0. The molecule has 3 rings (SSSR count). The standard InChI is InChI=1S/C18H26N2O/c1-18(2,10-13-6-4-3-5-7-13)17(21)20-11-14-8-9-16(19)15(14)12-20/h3-7,14-16H,8-12,19H2,1-2H3. The molecule has 1 aromatic carbocycles. The topological polar surface area (TPSA) is 46.3 Å². The van der Waals surface area contributed by atoms with Crippen LogP contribution in [-0.2, 0) is 11.2 Å². The SMILES string of the molecule is CC(C)(Cc1ccccc1)C(=O)N1CC2CCC(N)C2C1. The highest BCUT2D eigenvalue weighted by Crippen LogP contribution is 2.39. The fourth-order valence-corrected chi connectivity index (χ4v) is 4.08. The van der Waals surface area contributed by atoms with E-state index in [1.165, 1.54) is 12.0 Å². The maximum absolute atomic E-state index is 12.9. The fraction of sp³-hybridized carbons (Fsp3) is 0.611. The van der Waals surface area contributed by atoms with E-state index in [9.17, 15) is 4.79 Å². The Morgan fingerprint density at radius 1 is 1.24 bits per heavy atom. The van der Waals surface area contributed by atoms with Crippen molar-refractivity contribution in [3.8, 4) is 0 Å². The summed E-state index contributed by atoms with van der Waals surface area (Å²) in [5.74, 6) is 1.45. The largest absolute Gasteiger partial charge is 0.342 e. The second-order valence-electron chi connectivity index (χ2n) is 7.42. The number of hydrogen-bond acceptors (Lipinski definition) is 2. The maximum Gasteiger partial charge on any atom is 0.228 e. The third kappa shape index (κ3) is 2.84. The first-order valence-corrected chi connectivity index (χ1v) is 8.06. The molecule has 1 aliphatic heterocycles. The van der Waals surface area contributed by atoms with E-state index in [1.807, 2.05) is 18.2 Å². The van der Waals surface area contributed by atoms with E-state index >= 15 is 0 Å². The van der Waals surface area contributed by atoms with Gasteiger partial charge in [-0.3, -0.25) is 4.79 Å². The van der Waals surface area contributed by atoms with Crippen molar-refractivity contribution in [1.29, 1.82) is 0 Å². The van der Waals surface area contributed by atoms with Crippen LogP contribution in [0.25, 0.3) is 0 Å². The Balaban J connectivity index is 1.67. The predicted molar refractivity (Wildman–Crippen MR) is 84.7 cm³/mol. The van der Waals surface area contributed by atoms with Crippen molar-refractivity contribution in [2.24, 2.45) is 23.0 Å². The number of amides is 1. The van der Waals surface area contributed by atoms with Crippen molar-refractivity contribution in [3.05, 3.63) is 35.9 Å². The molecule has 3 heteroatoms. The maximum atomic E-state index is 12.9. The third-order valence-corrected chi connectivity index (χ3v) is 5.27. The van der Waals surface area contributed by atoms with E-state index in [2.05, 4.69) is 30.9 Å². The highest BCUT2D eigenvalue weighted by atomic mass is 16.2. The van der Waals surface area contributed by atoms with E-state index in [1.54, 1.807) is 0 Å². The van der Waals surface area contributed by atoms with Crippen molar-refractivity contribution in [2.75, 3.05) is 13.1 Å². The molecule has 1 aliphatic carbocycles. The van der Waals surface area contributed by atoms with Gasteiger partial charge in [-0.05, 0) is 36.7 Å². The number of rotatable bonds is 3. The molecule has 1 aromatic rings. The van der Waals surface area contributed by atoms with Gasteiger partial charge in [-0.2, -0.15) is 0 Å². The van der Waals surface area contributed by atoms with Crippen LogP contribution in [0, 0.1) is 17.3 Å². The molecule has 0 radical (unpaired) electrons. The van der Waals surface area contributed by atoms with Crippen LogP contribution in [0.2, 0.25) is 0 Å². The monoisotopic (exact) mass is 286 g/mol. The van der Waals surface area contributed by atoms with Crippen molar-refractivity contribution in [1.82, 2.24) is 4.90 Å². The Hall–Kier alpha value is -1.35. The van der Waals surface area contributed by atoms with Crippen molar-refractivity contribution < 1.29 is 4.79 Å². The number of benzene rings is 1. The molecule has 21 heavy (non-hydrogen) atoms. The summed E-state index contributed by atoms with van der Waals surface area (Å²) in [6, 6.07) is 10.6. The normalized spacial score (nSPS) is 28.7. The molecule has 1 amide bonds. The van der Waals surface area contributed by atoms with Crippen molar-refractivity contribution in [3.63, 3.8) is 0 Å². The fourth-order valence-electron chi connectivity index (χ4n) is 4.08. The number of nitrogens with two attached hydrogens (primary N) is 1. The zero-order chi connectivity index (χ0) is 15.0. The van der Waals surface area contributed by atoms with E-state index in [0.717, 1.165) is 25.9 Å². The smallest absolute Gasteiger partial charge is 0.228 e. The lowest BCUT2D eigenvalue weighted by Gasteiger charge is -2.30. The van der Waals surface area contributed by atoms with Crippen molar-refractivity contribution >= 4 is 5.91 Å². The molecular weight excluding hydrogens is 260 g/mol. The van der Waals surface area contributed by atoms with E-state index in [4.69, 9.17) is 5.73 Å². The molecule has 0 aromatic heterocycles. The lowest BCUT2D eigenvalue weighted by molar-refractivity contribution is -0.139. The molecular formula is C18H26N2O. The second-order valence-corrected chi connectivity index (χ2v) is 7.42. The minimum Gasteiger partial charge on any atom is -0.342 e. The quantitative estimate of drug-likeness (QED) is 0.927. The number of carbonyl (C=O) groups is 1. The summed E-state index contributed by atoms with van der Waals surface area (Å²) in [5, 5.41) is 0. The highest BCUT2D eigenvalue weighted by Gasteiger charge is 2.45. The highest BCUT2D eigenvalue weighted by molar-refractivity contribution is 5.82. The van der Waals surface area contributed by atoms with Crippen LogP contribution >= 0.6 is 0 Å². The van der Waals surface area contributed by atoms with Crippen molar-refractivity contribution in [2.45, 2.75) is 39.2 Å². The summed E-state index contributed by atoms with van der Waals surface area (Å²) < 4.78 is 0. The Morgan fingerprint density at radius 3 is 2.62 bits per heavy atom. The van der Waals surface area contributed by atoms with Crippen LogP contribution < -0.4 is 5.73 Å². The lowest BCUT2D eigenvalue weighted by atomic mass is 9.84. The van der Waals surface area contributed by atoms with Crippen LogP contribution in [0.3, 0.4) is 0 Å². The zero-order valence-electron chi connectivity index (χ0n) is 13.1. The summed E-state index contributed by atoms with van der Waals surface area (Å²) in [4.78, 5) is 15.0. The summed E-state index contributed by atoms with van der Waals surface area (Å²) in [6.07, 6.45) is 3.12. The molecule has 1 heterocycles. The minimum atomic E-state index is -0.343. The Morgan fingerprint density at radius 2 is 1.95 bits per heavy atom. The number of fused-ring (bicyclic) bond motifs is 1. The average Bonchev–Trinajstić information content (AvgIpc) is 3.01. The van der Waals surface area contributed by atoms with Gasteiger partial charge >= 0.3 is 0 Å². The molecule has 2 aliphatic rings. The van der Waals surface area contributed by atoms with Gasteiger partial charge in [-0.25, -0.2) is 0 Å². The molecule has 1 saturated carbocycles. The molecule has 2 N–H and O–H groups in total. The predicted octanol–water partition coefficient (Wildman–Crippen LogP) is 2.45. The van der Waals surface area contributed by atoms with Gasteiger partial charge in [0.1, 0.15) is 0 Å². The van der Waals surface area contributed by atoms with Crippen LogP contribution in [0.15, 0.2) is 30.3 Å². The van der Waals surface area contributed by atoms with Gasteiger partial charge in [0, 0.05) is 24.5 Å². The zero-order valence-corrected chi connectivity index (χ0v) is 13.1. The molecule has 0 spiro atoms. The van der Waals surface area contributed by atoms with Gasteiger partial charge < -0.3 is 10.6 Å². The van der Waals surface area contributed by atoms with Crippen LogP contribution in [-0.4, -0.2) is 29.9 Å². The van der Waals surface area contributed by atoms with E-state index in [0.29, 0.717) is 17.9 Å². The molecule has 3 unspecified atom stereocenters. The van der Waals surface area contributed by atoms with Gasteiger partial charge in [-0.15, -0.1) is 0 Å². The van der Waals surface area contributed by atoms with E-state index in [-0.39, 0.29) is 11.3 Å². The van der Waals surface area contributed by atoms with Gasteiger partial charge in [0.25, 0.3) is 0 Å². The van der Waals surface area contributed by atoms with E-state index < -0.39 is 0 Å². The third-order valence-electron chi connectivity index (χ3n) is 5.27. The Kier molecular flexibility index (Phi) is 3.78. The number of hydrogen-bond donors (Lipinski definition) is 1. The first kappa shape index (κ1) is 14.6. The van der Waals surface area contributed by atoms with Gasteiger partial charge in [-0.1, -0.05) is 44.2 Å². The summed E-state index contributed by atoms with van der Waals surface area (Å²) in [5.41, 5.74) is 7.06. The Labute approximate surface area is 127 Å². The first-order chi connectivity index (χ1) is 9.97. The molecule has 3 atom stereocenters. The van der Waals surface area contributed by atoms with Crippen LogP contribution in [0.5, 0.6) is 0 Å². The van der Waals surface area contributed by atoms with Crippen LogP contribution in [0.1, 0.15) is 32.3 Å². The average molecular weight is 286 g/mol. The molecule has 114 valence electrons. The number of likely N-dealkylation sites (tertiary alicyclic amines) is 1. The summed E-state index contributed by atoms with van der Waals surface area (Å²) in [6.45, 7) is 5.91. The molecule has 1 saturated heterocycles. The number of carbonyl (C=O) groups excluding carboxylic acids is 1. The molecule has 3 nitrogen and oxygen atoms in total. The Bertz CT molecular complexity index is 511. The van der Waals surface area contributed by atoms with Gasteiger partial charge in [0.05, 0.1) is 0 Å². The second kappa shape index (κ2) is 5.45. The minimum absolute atomic E-state index is 0.285. The first-order valence-electron chi connectivity index (χ1n) is 8.06. The number of nitrogens with zero attached hydrogens (tertiary/aromatic N) is 1. The summed E-state index contributed by atoms with van der Waals surface area (Å²) in [7, 11) is 0.